The Morgan fingerprint density at radius 3 is 2.20 bits per heavy atom. The molecule has 0 heterocycles. The number of ether oxygens (including phenoxy) is 5. The van der Waals surface area contributed by atoms with Gasteiger partial charge in [0.25, 0.3) is 5.91 Å². The number of halogens is 1. The second-order valence-electron chi connectivity index (χ2n) is 8.47. The number of hydrogen-bond donors (Lipinski definition) is 1. The highest BCUT2D eigenvalue weighted by Crippen LogP contribution is 2.29. The topological polar surface area (TPSA) is 105 Å². The van der Waals surface area contributed by atoms with E-state index in [1.807, 2.05) is 30.3 Å². The molecular weight excluding hydrogens is 592 g/mol. The zero-order valence-electron chi connectivity index (χ0n) is 22.3. The lowest BCUT2D eigenvalue weighted by molar-refractivity contribution is -0.123. The van der Waals surface area contributed by atoms with E-state index in [2.05, 4.69) is 26.5 Å². The summed E-state index contributed by atoms with van der Waals surface area (Å²) in [6.45, 7) is 0.206. The van der Waals surface area contributed by atoms with Crippen LogP contribution in [0.25, 0.3) is 0 Å². The van der Waals surface area contributed by atoms with Gasteiger partial charge in [-0.25, -0.2) is 10.2 Å². The molecule has 0 radical (unpaired) electrons. The lowest BCUT2D eigenvalue weighted by Crippen LogP contribution is -2.24. The second-order valence-corrected chi connectivity index (χ2v) is 9.38. The zero-order valence-corrected chi connectivity index (χ0v) is 23.9. The van der Waals surface area contributed by atoms with Crippen molar-refractivity contribution in [3.8, 4) is 28.7 Å². The molecule has 210 valence electrons. The van der Waals surface area contributed by atoms with Crippen molar-refractivity contribution in [1.82, 2.24) is 5.43 Å². The molecule has 41 heavy (non-hydrogen) atoms. The fourth-order valence-corrected chi connectivity index (χ4v) is 3.94. The number of esters is 1. The number of nitrogens with zero attached hydrogens (tertiary/aromatic N) is 1. The smallest absolute Gasteiger partial charge is 0.343 e. The molecule has 0 aliphatic carbocycles. The Balaban J connectivity index is 1.29. The highest BCUT2D eigenvalue weighted by atomic mass is 79.9. The first kappa shape index (κ1) is 29.2. The molecule has 0 spiro atoms. The van der Waals surface area contributed by atoms with Gasteiger partial charge >= 0.3 is 5.97 Å². The first-order valence-electron chi connectivity index (χ1n) is 12.4. The standard InChI is InChI=1S/C31H27BrN2O7/c1-37-28-14-8-22(17-29(28)38-2)31(36)41-27-15-9-24(32)16-23(27)18-33-34-30(35)20-40-26-12-10-25(11-13-26)39-19-21-6-4-3-5-7-21/h3-18H,19-20H2,1-2H3,(H,34,35). The fourth-order valence-electron chi connectivity index (χ4n) is 3.56. The van der Waals surface area contributed by atoms with E-state index in [1.165, 1.54) is 26.5 Å². The van der Waals surface area contributed by atoms with Crippen molar-refractivity contribution in [3.63, 3.8) is 0 Å². The van der Waals surface area contributed by atoms with E-state index < -0.39 is 11.9 Å². The largest absolute Gasteiger partial charge is 0.493 e. The number of nitrogens with one attached hydrogen (secondary N) is 1. The average Bonchev–Trinajstić information content (AvgIpc) is 3.00. The van der Waals surface area contributed by atoms with Crippen molar-refractivity contribution < 1.29 is 33.3 Å². The van der Waals surface area contributed by atoms with Gasteiger partial charge < -0.3 is 23.7 Å². The van der Waals surface area contributed by atoms with E-state index in [0.717, 1.165) is 10.0 Å². The maximum Gasteiger partial charge on any atom is 0.343 e. The summed E-state index contributed by atoms with van der Waals surface area (Å²) in [4.78, 5) is 25.0. The molecule has 0 saturated carbocycles. The second kappa shape index (κ2) is 14.5. The number of benzene rings is 4. The van der Waals surface area contributed by atoms with E-state index >= 15 is 0 Å². The number of methoxy groups -OCH3 is 2. The van der Waals surface area contributed by atoms with Gasteiger partial charge in [-0.2, -0.15) is 5.10 Å². The van der Waals surface area contributed by atoms with Crippen molar-refractivity contribution in [3.05, 3.63) is 112 Å². The molecule has 0 aliphatic rings. The molecule has 0 saturated heterocycles. The average molecular weight is 619 g/mol. The van der Waals surface area contributed by atoms with Crippen LogP contribution in [0.5, 0.6) is 28.7 Å². The van der Waals surface area contributed by atoms with Crippen molar-refractivity contribution in [2.24, 2.45) is 5.10 Å². The maximum absolute atomic E-state index is 12.8. The van der Waals surface area contributed by atoms with Gasteiger partial charge in [0, 0.05) is 10.0 Å². The van der Waals surface area contributed by atoms with Gasteiger partial charge in [0.05, 0.1) is 26.0 Å². The third-order valence-corrected chi connectivity index (χ3v) is 6.12. The molecular formula is C31H27BrN2O7. The summed E-state index contributed by atoms with van der Waals surface area (Å²) in [5, 5.41) is 3.98. The van der Waals surface area contributed by atoms with Crippen molar-refractivity contribution in [2.75, 3.05) is 20.8 Å². The van der Waals surface area contributed by atoms with E-state index in [0.29, 0.717) is 35.2 Å². The number of carbonyl (C=O) groups is 2. The lowest BCUT2D eigenvalue weighted by Gasteiger charge is -2.11. The molecule has 0 fully saturated rings. The van der Waals surface area contributed by atoms with E-state index in [9.17, 15) is 9.59 Å². The molecule has 0 atom stereocenters. The minimum absolute atomic E-state index is 0.247. The Bertz CT molecular complexity index is 1510. The van der Waals surface area contributed by atoms with E-state index in [-0.39, 0.29) is 17.9 Å². The van der Waals surface area contributed by atoms with Gasteiger partial charge in [0.1, 0.15) is 23.9 Å². The highest BCUT2D eigenvalue weighted by molar-refractivity contribution is 9.10. The predicted molar refractivity (Wildman–Crippen MR) is 157 cm³/mol. The summed E-state index contributed by atoms with van der Waals surface area (Å²) in [5.74, 6) is 1.26. The van der Waals surface area contributed by atoms with Crippen molar-refractivity contribution in [1.29, 1.82) is 0 Å². The van der Waals surface area contributed by atoms with Gasteiger partial charge in [0.15, 0.2) is 18.1 Å². The summed E-state index contributed by atoms with van der Waals surface area (Å²) >= 11 is 3.39. The Morgan fingerprint density at radius 2 is 1.49 bits per heavy atom. The summed E-state index contributed by atoms with van der Waals surface area (Å²) in [6, 6.07) is 26.6. The summed E-state index contributed by atoms with van der Waals surface area (Å²) in [5.41, 5.74) is 4.20. The molecule has 0 aromatic heterocycles. The normalized spacial score (nSPS) is 10.6. The minimum Gasteiger partial charge on any atom is -0.493 e. The van der Waals surface area contributed by atoms with Crippen LogP contribution in [-0.2, 0) is 11.4 Å². The van der Waals surface area contributed by atoms with Gasteiger partial charge in [-0.3, -0.25) is 4.79 Å². The number of carbonyl (C=O) groups excluding carboxylic acids is 2. The molecule has 0 bridgehead atoms. The first-order valence-corrected chi connectivity index (χ1v) is 13.2. The van der Waals surface area contributed by atoms with Crippen molar-refractivity contribution >= 4 is 34.0 Å². The third kappa shape index (κ3) is 8.58. The van der Waals surface area contributed by atoms with Crippen LogP contribution in [0, 0.1) is 0 Å². The van der Waals surface area contributed by atoms with Crippen LogP contribution in [0.2, 0.25) is 0 Å². The Labute approximate surface area is 245 Å². The molecule has 9 nitrogen and oxygen atoms in total. The molecule has 1 N–H and O–H groups in total. The van der Waals surface area contributed by atoms with Gasteiger partial charge in [-0.1, -0.05) is 46.3 Å². The molecule has 0 aliphatic heterocycles. The van der Waals surface area contributed by atoms with Crippen LogP contribution < -0.4 is 29.1 Å². The van der Waals surface area contributed by atoms with E-state index in [4.69, 9.17) is 23.7 Å². The molecule has 10 heteroatoms. The minimum atomic E-state index is -0.600. The SMILES string of the molecule is COc1ccc(C(=O)Oc2ccc(Br)cc2C=NNC(=O)COc2ccc(OCc3ccccc3)cc2)cc1OC. The fraction of sp³-hybridized carbons (Fsp3) is 0.129. The lowest BCUT2D eigenvalue weighted by atomic mass is 10.2. The highest BCUT2D eigenvalue weighted by Gasteiger charge is 2.15. The molecule has 0 unspecified atom stereocenters. The Kier molecular flexibility index (Phi) is 10.3. The summed E-state index contributed by atoms with van der Waals surface area (Å²) in [6.07, 6.45) is 1.37. The van der Waals surface area contributed by atoms with E-state index in [1.54, 1.807) is 54.6 Å². The predicted octanol–water partition coefficient (Wildman–Crippen LogP) is 5.79. The summed E-state index contributed by atoms with van der Waals surface area (Å²) in [7, 11) is 2.99. The van der Waals surface area contributed by atoms with Crippen LogP contribution in [-0.4, -0.2) is 38.9 Å². The number of amides is 1. The zero-order chi connectivity index (χ0) is 29.0. The van der Waals surface area contributed by atoms with Crippen LogP contribution in [0.3, 0.4) is 0 Å². The van der Waals surface area contributed by atoms with Crippen LogP contribution in [0.4, 0.5) is 0 Å². The molecule has 4 aromatic carbocycles. The maximum atomic E-state index is 12.8. The molecule has 4 aromatic rings. The Hall–Kier alpha value is -4.83. The number of hydrazone groups is 1. The molecule has 4 rings (SSSR count). The monoisotopic (exact) mass is 618 g/mol. The van der Waals surface area contributed by atoms with Crippen LogP contribution in [0.15, 0.2) is 101 Å². The number of hydrogen-bond acceptors (Lipinski definition) is 8. The van der Waals surface area contributed by atoms with Crippen LogP contribution in [0.1, 0.15) is 21.5 Å². The van der Waals surface area contributed by atoms with Gasteiger partial charge in [-0.15, -0.1) is 0 Å². The quantitative estimate of drug-likeness (QED) is 0.0926. The third-order valence-electron chi connectivity index (χ3n) is 5.63. The molecule has 1 amide bonds. The first-order chi connectivity index (χ1) is 19.9. The van der Waals surface area contributed by atoms with Crippen LogP contribution >= 0.6 is 15.9 Å². The van der Waals surface area contributed by atoms with Crippen molar-refractivity contribution in [2.45, 2.75) is 6.61 Å². The summed E-state index contributed by atoms with van der Waals surface area (Å²) < 4.78 is 28.1. The number of rotatable bonds is 12. The Morgan fingerprint density at radius 1 is 0.805 bits per heavy atom. The van der Waals surface area contributed by atoms with Gasteiger partial charge in [-0.05, 0) is 66.2 Å². The van der Waals surface area contributed by atoms with Gasteiger partial charge in [0.2, 0.25) is 0 Å².